The van der Waals surface area contributed by atoms with E-state index >= 15 is 0 Å². The Balaban J connectivity index is 2.09. The smallest absolute Gasteiger partial charge is 0.123 e. The van der Waals surface area contributed by atoms with Gasteiger partial charge in [-0.3, -0.25) is 0 Å². The number of benzene rings is 1. The second kappa shape index (κ2) is 11.6. The van der Waals surface area contributed by atoms with Gasteiger partial charge in [-0.25, -0.2) is 0 Å². The predicted molar refractivity (Wildman–Crippen MR) is 92.0 cm³/mol. The first kappa shape index (κ1) is 18.0. The molecule has 1 atom stereocenters. The minimum atomic E-state index is 0.353. The van der Waals surface area contributed by atoms with E-state index in [1.807, 2.05) is 12.1 Å². The summed E-state index contributed by atoms with van der Waals surface area (Å²) in [4.78, 5) is 0. The summed E-state index contributed by atoms with van der Waals surface area (Å²) in [6, 6.07) is 8.62. The zero-order valence-electron chi connectivity index (χ0n) is 14.2. The molecule has 0 amide bonds. The molecule has 2 nitrogen and oxygen atoms in total. The van der Waals surface area contributed by atoms with Crippen molar-refractivity contribution in [3.63, 3.8) is 0 Å². The van der Waals surface area contributed by atoms with Crippen LogP contribution in [-0.4, -0.2) is 13.7 Å². The Morgan fingerprint density at radius 3 is 2.24 bits per heavy atom. The van der Waals surface area contributed by atoms with Gasteiger partial charge in [0, 0.05) is 11.6 Å². The van der Waals surface area contributed by atoms with E-state index in [0.717, 1.165) is 12.3 Å². The van der Waals surface area contributed by atoms with E-state index in [2.05, 4.69) is 31.3 Å². The lowest BCUT2D eigenvalue weighted by molar-refractivity contribution is 0.401. The maximum absolute atomic E-state index is 5.42. The summed E-state index contributed by atoms with van der Waals surface area (Å²) in [6.45, 7) is 5.57. The molecule has 1 N–H and O–H groups in total. The summed E-state index contributed by atoms with van der Waals surface area (Å²) >= 11 is 0. The number of hydrogen-bond acceptors (Lipinski definition) is 2. The maximum atomic E-state index is 5.42. The molecule has 0 aromatic heterocycles. The van der Waals surface area contributed by atoms with Crippen LogP contribution in [-0.2, 0) is 0 Å². The van der Waals surface area contributed by atoms with Crippen molar-refractivity contribution in [3.8, 4) is 5.75 Å². The van der Waals surface area contributed by atoms with Crippen LogP contribution in [0.25, 0.3) is 0 Å². The molecule has 0 radical (unpaired) electrons. The molecule has 0 heterocycles. The van der Waals surface area contributed by atoms with Gasteiger partial charge in [0.1, 0.15) is 5.75 Å². The van der Waals surface area contributed by atoms with E-state index in [0.29, 0.717) is 6.04 Å². The van der Waals surface area contributed by atoms with Crippen LogP contribution in [0, 0.1) is 0 Å². The quantitative estimate of drug-likeness (QED) is 0.514. The summed E-state index contributed by atoms with van der Waals surface area (Å²) in [5.41, 5.74) is 1.25. The van der Waals surface area contributed by atoms with Gasteiger partial charge in [0.05, 0.1) is 7.11 Å². The van der Waals surface area contributed by atoms with E-state index in [1.165, 1.54) is 56.9 Å². The second-order valence-corrected chi connectivity index (χ2v) is 5.89. The molecule has 21 heavy (non-hydrogen) atoms. The van der Waals surface area contributed by atoms with Gasteiger partial charge in [-0.05, 0) is 26.0 Å². The lowest BCUT2D eigenvalue weighted by Crippen LogP contribution is -2.20. The van der Waals surface area contributed by atoms with Crippen LogP contribution in [0.4, 0.5) is 0 Å². The number of rotatable bonds is 12. The number of ether oxygens (including phenoxy) is 1. The van der Waals surface area contributed by atoms with Crippen molar-refractivity contribution in [2.45, 2.75) is 71.3 Å². The molecule has 0 aliphatic carbocycles. The average Bonchev–Trinajstić information content (AvgIpc) is 2.53. The minimum absolute atomic E-state index is 0.353. The van der Waals surface area contributed by atoms with Crippen LogP contribution >= 0.6 is 0 Å². The fourth-order valence-corrected chi connectivity index (χ4v) is 2.71. The number of nitrogens with one attached hydrogen (secondary N) is 1. The first-order chi connectivity index (χ1) is 10.3. The molecule has 0 unspecified atom stereocenters. The highest BCUT2D eigenvalue weighted by Crippen LogP contribution is 2.24. The standard InChI is InChI=1S/C19H33NO/c1-4-5-6-7-8-9-10-13-16-20-17(2)18-14-11-12-15-19(18)21-3/h11-12,14-15,17,20H,4-10,13,16H2,1-3H3/t17-/m1/s1. The minimum Gasteiger partial charge on any atom is -0.496 e. The van der Waals surface area contributed by atoms with Crippen molar-refractivity contribution in [2.75, 3.05) is 13.7 Å². The summed E-state index contributed by atoms with van der Waals surface area (Å²) in [5.74, 6) is 0.980. The average molecular weight is 291 g/mol. The van der Waals surface area contributed by atoms with Gasteiger partial charge in [-0.1, -0.05) is 70.1 Å². The van der Waals surface area contributed by atoms with E-state index < -0.39 is 0 Å². The van der Waals surface area contributed by atoms with Gasteiger partial charge >= 0.3 is 0 Å². The van der Waals surface area contributed by atoms with Gasteiger partial charge in [0.15, 0.2) is 0 Å². The molecular formula is C19H33NO. The number of methoxy groups -OCH3 is 1. The highest BCUT2D eigenvalue weighted by atomic mass is 16.5. The van der Waals surface area contributed by atoms with Gasteiger partial charge in [-0.2, -0.15) is 0 Å². The van der Waals surface area contributed by atoms with Gasteiger partial charge in [0.25, 0.3) is 0 Å². The largest absolute Gasteiger partial charge is 0.496 e. The van der Waals surface area contributed by atoms with E-state index in [4.69, 9.17) is 4.74 Å². The fraction of sp³-hybridized carbons (Fsp3) is 0.684. The molecule has 1 aromatic carbocycles. The number of hydrogen-bond donors (Lipinski definition) is 1. The predicted octanol–water partition coefficient (Wildman–Crippen LogP) is 5.49. The molecule has 0 aliphatic heterocycles. The third-order valence-corrected chi connectivity index (χ3v) is 4.09. The highest BCUT2D eigenvalue weighted by molar-refractivity contribution is 5.35. The zero-order chi connectivity index (χ0) is 15.3. The van der Waals surface area contributed by atoms with Gasteiger partial charge in [0.2, 0.25) is 0 Å². The summed E-state index contributed by atoms with van der Waals surface area (Å²) in [5, 5.41) is 3.60. The summed E-state index contributed by atoms with van der Waals surface area (Å²) in [7, 11) is 1.74. The first-order valence-electron chi connectivity index (χ1n) is 8.66. The Morgan fingerprint density at radius 1 is 0.952 bits per heavy atom. The molecule has 0 saturated carbocycles. The maximum Gasteiger partial charge on any atom is 0.123 e. The van der Waals surface area contributed by atoms with Crippen LogP contribution in [0.15, 0.2) is 24.3 Å². The summed E-state index contributed by atoms with van der Waals surface area (Å²) in [6.07, 6.45) is 11.0. The SMILES string of the molecule is CCCCCCCCCCN[C@H](C)c1ccccc1OC. The van der Waals surface area contributed by atoms with Crippen molar-refractivity contribution < 1.29 is 4.74 Å². The highest BCUT2D eigenvalue weighted by Gasteiger charge is 2.09. The Hall–Kier alpha value is -1.02. The third-order valence-electron chi connectivity index (χ3n) is 4.09. The lowest BCUT2D eigenvalue weighted by Gasteiger charge is -2.17. The van der Waals surface area contributed by atoms with Crippen molar-refractivity contribution in [1.82, 2.24) is 5.32 Å². The third kappa shape index (κ3) is 7.52. The Kier molecular flexibility index (Phi) is 9.98. The molecule has 0 saturated heterocycles. The van der Waals surface area contributed by atoms with Crippen LogP contribution in [0.3, 0.4) is 0 Å². The van der Waals surface area contributed by atoms with E-state index in [1.54, 1.807) is 7.11 Å². The Morgan fingerprint density at radius 2 is 1.57 bits per heavy atom. The molecule has 120 valence electrons. The number of unbranched alkanes of at least 4 members (excludes halogenated alkanes) is 7. The van der Waals surface area contributed by atoms with Gasteiger partial charge < -0.3 is 10.1 Å². The summed E-state index contributed by atoms with van der Waals surface area (Å²) < 4.78 is 5.42. The van der Waals surface area contributed by atoms with Crippen LogP contribution in [0.1, 0.15) is 76.8 Å². The van der Waals surface area contributed by atoms with Crippen molar-refractivity contribution in [2.24, 2.45) is 0 Å². The van der Waals surface area contributed by atoms with Crippen LogP contribution < -0.4 is 10.1 Å². The topological polar surface area (TPSA) is 21.3 Å². The fourth-order valence-electron chi connectivity index (χ4n) is 2.71. The first-order valence-corrected chi connectivity index (χ1v) is 8.66. The molecule has 0 aliphatic rings. The van der Waals surface area contributed by atoms with Gasteiger partial charge in [-0.15, -0.1) is 0 Å². The van der Waals surface area contributed by atoms with Crippen LogP contribution in [0.5, 0.6) is 5.75 Å². The molecule has 0 bridgehead atoms. The van der Waals surface area contributed by atoms with Crippen molar-refractivity contribution in [3.05, 3.63) is 29.8 Å². The molecule has 1 rings (SSSR count). The Bertz CT molecular complexity index is 364. The lowest BCUT2D eigenvalue weighted by atomic mass is 10.1. The second-order valence-electron chi connectivity index (χ2n) is 5.89. The van der Waals surface area contributed by atoms with Crippen molar-refractivity contribution >= 4 is 0 Å². The van der Waals surface area contributed by atoms with Crippen molar-refractivity contribution in [1.29, 1.82) is 0 Å². The molecule has 2 heteroatoms. The molecule has 1 aromatic rings. The normalized spacial score (nSPS) is 12.3. The molecule has 0 fully saturated rings. The van der Waals surface area contributed by atoms with E-state index in [9.17, 15) is 0 Å². The Labute approximate surface area is 131 Å². The van der Waals surface area contributed by atoms with Crippen LogP contribution in [0.2, 0.25) is 0 Å². The monoisotopic (exact) mass is 291 g/mol. The number of para-hydroxylation sites is 1. The molecular weight excluding hydrogens is 258 g/mol. The zero-order valence-corrected chi connectivity index (χ0v) is 14.2. The van der Waals surface area contributed by atoms with E-state index in [-0.39, 0.29) is 0 Å². The molecule has 0 spiro atoms.